The summed E-state index contributed by atoms with van der Waals surface area (Å²) in [5.41, 5.74) is 4.17. The normalized spacial score (nSPS) is 31.0. The molecule has 0 aromatic heterocycles. The zero-order valence-electron chi connectivity index (χ0n) is 16.2. The van der Waals surface area contributed by atoms with Crippen LogP contribution in [0.25, 0.3) is 0 Å². The van der Waals surface area contributed by atoms with Crippen molar-refractivity contribution in [2.24, 2.45) is 5.41 Å². The highest BCUT2D eigenvalue weighted by Gasteiger charge is 2.59. The predicted molar refractivity (Wildman–Crippen MR) is 113 cm³/mol. The van der Waals surface area contributed by atoms with E-state index in [2.05, 4.69) is 23.6 Å². The molecule has 3 unspecified atom stereocenters. The van der Waals surface area contributed by atoms with E-state index in [1.165, 1.54) is 36.8 Å². The molecule has 5 heteroatoms. The van der Waals surface area contributed by atoms with Crippen molar-refractivity contribution in [3.63, 3.8) is 0 Å². The molecule has 2 fully saturated rings. The number of hydrogen-bond acceptors (Lipinski definition) is 4. The van der Waals surface area contributed by atoms with E-state index >= 15 is 0 Å². The van der Waals surface area contributed by atoms with Crippen LogP contribution in [0.15, 0.2) is 30.3 Å². The zero-order chi connectivity index (χ0) is 19.5. The molecule has 148 valence electrons. The maximum absolute atomic E-state index is 10.9. The lowest BCUT2D eigenvalue weighted by molar-refractivity contribution is -0.0141. The molecule has 2 bridgehead atoms. The fourth-order valence-electron chi connectivity index (χ4n) is 6.25. The van der Waals surface area contributed by atoms with E-state index in [9.17, 15) is 10.2 Å². The lowest BCUT2D eigenvalue weighted by Crippen LogP contribution is -2.65. The van der Waals surface area contributed by atoms with Gasteiger partial charge in [0.1, 0.15) is 5.75 Å². The summed E-state index contributed by atoms with van der Waals surface area (Å²) in [5.74, 6) is 0.232. The second kappa shape index (κ2) is 6.30. The zero-order valence-corrected chi connectivity index (χ0v) is 16.9. The molecular weight excluding hydrogens is 372 g/mol. The van der Waals surface area contributed by atoms with Gasteiger partial charge in [-0.25, -0.2) is 0 Å². The maximum atomic E-state index is 10.9. The van der Waals surface area contributed by atoms with Gasteiger partial charge in [0.25, 0.3) is 0 Å². The minimum absolute atomic E-state index is 0.00160. The highest BCUT2D eigenvalue weighted by molar-refractivity contribution is 6.32. The molecule has 1 saturated heterocycles. The first kappa shape index (κ1) is 18.1. The minimum Gasteiger partial charge on any atom is -0.506 e. The third-order valence-corrected chi connectivity index (χ3v) is 8.08. The molecule has 1 aliphatic heterocycles. The van der Waals surface area contributed by atoms with Crippen LogP contribution in [-0.2, 0) is 11.8 Å². The van der Waals surface area contributed by atoms with E-state index in [0.29, 0.717) is 17.4 Å². The highest BCUT2D eigenvalue weighted by atomic mass is 35.5. The maximum Gasteiger partial charge on any atom is 0.157 e. The fraction of sp³-hybridized carbons (Fsp3) is 0.478. The van der Waals surface area contributed by atoms with Gasteiger partial charge in [0.2, 0.25) is 0 Å². The molecule has 0 radical (unpaired) electrons. The van der Waals surface area contributed by atoms with Gasteiger partial charge in [-0.1, -0.05) is 37.4 Å². The quantitative estimate of drug-likeness (QED) is 0.523. The van der Waals surface area contributed by atoms with Crippen molar-refractivity contribution in [2.45, 2.75) is 56.9 Å². The van der Waals surface area contributed by atoms with Gasteiger partial charge in [-0.15, -0.1) is 0 Å². The van der Waals surface area contributed by atoms with Crippen LogP contribution >= 0.6 is 11.6 Å². The highest BCUT2D eigenvalue weighted by Crippen LogP contribution is 2.62. The fourth-order valence-corrected chi connectivity index (χ4v) is 6.42. The van der Waals surface area contributed by atoms with Crippen molar-refractivity contribution in [1.82, 2.24) is 5.32 Å². The molecule has 3 atom stereocenters. The molecule has 5 rings (SSSR count). The summed E-state index contributed by atoms with van der Waals surface area (Å²) in [6, 6.07) is 9.72. The number of fused-ring (bicyclic) bond motifs is 1. The summed E-state index contributed by atoms with van der Waals surface area (Å²) in [6.07, 6.45) is 7.12. The van der Waals surface area contributed by atoms with Gasteiger partial charge < -0.3 is 20.8 Å². The van der Waals surface area contributed by atoms with Crippen molar-refractivity contribution in [3.05, 3.63) is 46.5 Å². The molecule has 2 aromatic rings. The Hall–Kier alpha value is -1.91. The average molecular weight is 399 g/mol. The van der Waals surface area contributed by atoms with E-state index in [1.54, 1.807) is 18.2 Å². The first-order valence-electron chi connectivity index (χ1n) is 10.3. The molecule has 4 nitrogen and oxygen atoms in total. The van der Waals surface area contributed by atoms with Crippen molar-refractivity contribution in [3.8, 4) is 11.5 Å². The number of phenols is 2. The summed E-state index contributed by atoms with van der Waals surface area (Å²) in [4.78, 5) is 0. The van der Waals surface area contributed by atoms with Crippen molar-refractivity contribution < 1.29 is 10.2 Å². The largest absolute Gasteiger partial charge is 0.506 e. The van der Waals surface area contributed by atoms with Gasteiger partial charge in [0.05, 0.1) is 16.4 Å². The number of para-hydroxylation sites is 1. The second-order valence-corrected chi connectivity index (χ2v) is 9.36. The van der Waals surface area contributed by atoms with E-state index in [4.69, 9.17) is 11.6 Å². The van der Waals surface area contributed by atoms with Crippen LogP contribution < -0.4 is 10.6 Å². The SMILES string of the molecule is CC12CCCCC13CCNC2Cc1cc(Nc2cccc(Cl)c2O)c(O)cc13. The standard InChI is InChI=1S/C23H27ClN2O2/c1-22-7-2-3-8-23(22)9-10-25-20(22)12-14-11-18(19(27)13-15(14)23)26-17-6-4-5-16(24)21(17)28/h4-6,11,13,20,25-28H,2-3,7-10,12H2,1H3. The first-order chi connectivity index (χ1) is 13.4. The van der Waals surface area contributed by atoms with E-state index in [-0.39, 0.29) is 27.4 Å². The molecule has 4 N–H and O–H groups in total. The number of halogens is 1. The molecule has 1 saturated carbocycles. The number of benzene rings is 2. The Labute approximate surface area is 170 Å². The average Bonchev–Trinajstić information content (AvgIpc) is 2.67. The molecule has 0 spiro atoms. The van der Waals surface area contributed by atoms with Crippen LogP contribution in [0.5, 0.6) is 11.5 Å². The monoisotopic (exact) mass is 398 g/mol. The van der Waals surface area contributed by atoms with Gasteiger partial charge >= 0.3 is 0 Å². The Morgan fingerprint density at radius 3 is 2.79 bits per heavy atom. The number of piperidine rings is 1. The number of aromatic hydroxyl groups is 2. The lowest BCUT2D eigenvalue weighted by atomic mass is 9.45. The van der Waals surface area contributed by atoms with E-state index < -0.39 is 0 Å². The van der Waals surface area contributed by atoms with Crippen LogP contribution in [0.3, 0.4) is 0 Å². The number of rotatable bonds is 2. The van der Waals surface area contributed by atoms with E-state index in [1.807, 2.05) is 6.07 Å². The topological polar surface area (TPSA) is 64.5 Å². The first-order valence-corrected chi connectivity index (χ1v) is 10.7. The van der Waals surface area contributed by atoms with Crippen LogP contribution in [0.1, 0.15) is 50.2 Å². The minimum atomic E-state index is -0.00160. The number of phenolic OH excluding ortho intramolecular Hbond substituents is 2. The summed E-state index contributed by atoms with van der Waals surface area (Å²) in [5, 5.41) is 28.3. The van der Waals surface area contributed by atoms with Crippen molar-refractivity contribution in [1.29, 1.82) is 0 Å². The van der Waals surface area contributed by atoms with Gasteiger partial charge in [0, 0.05) is 11.5 Å². The molecule has 1 heterocycles. The Morgan fingerprint density at radius 1 is 1.11 bits per heavy atom. The van der Waals surface area contributed by atoms with Crippen LogP contribution in [0, 0.1) is 5.41 Å². The molecule has 28 heavy (non-hydrogen) atoms. The number of nitrogens with one attached hydrogen (secondary N) is 2. The summed E-state index contributed by atoms with van der Waals surface area (Å²) >= 11 is 6.03. The van der Waals surface area contributed by atoms with Crippen LogP contribution in [0.2, 0.25) is 5.02 Å². The molecular formula is C23H27ClN2O2. The third-order valence-electron chi connectivity index (χ3n) is 7.77. The molecule has 2 aliphatic carbocycles. The van der Waals surface area contributed by atoms with Gasteiger partial charge in [-0.05, 0) is 73.0 Å². The predicted octanol–water partition coefficient (Wildman–Crippen LogP) is 5.23. The number of hydrogen-bond donors (Lipinski definition) is 4. The van der Waals surface area contributed by atoms with Crippen LogP contribution in [-0.4, -0.2) is 22.8 Å². The molecule has 0 amide bonds. The van der Waals surface area contributed by atoms with Gasteiger partial charge in [-0.2, -0.15) is 0 Å². The van der Waals surface area contributed by atoms with Crippen LogP contribution in [0.4, 0.5) is 11.4 Å². The van der Waals surface area contributed by atoms with Crippen molar-refractivity contribution in [2.75, 3.05) is 11.9 Å². The molecule has 2 aromatic carbocycles. The molecule has 3 aliphatic rings. The summed E-state index contributed by atoms with van der Waals surface area (Å²) in [7, 11) is 0. The Bertz CT molecular complexity index is 942. The van der Waals surface area contributed by atoms with Gasteiger partial charge in [-0.3, -0.25) is 0 Å². The Kier molecular flexibility index (Phi) is 4.08. The summed E-state index contributed by atoms with van der Waals surface area (Å²) in [6.45, 7) is 3.51. The van der Waals surface area contributed by atoms with Gasteiger partial charge in [0.15, 0.2) is 5.75 Å². The van der Waals surface area contributed by atoms with Crippen molar-refractivity contribution >= 4 is 23.0 Å². The Morgan fingerprint density at radius 2 is 1.93 bits per heavy atom. The summed E-state index contributed by atoms with van der Waals surface area (Å²) < 4.78 is 0. The number of anilines is 2. The smallest absolute Gasteiger partial charge is 0.157 e. The lowest BCUT2D eigenvalue weighted by Gasteiger charge is -2.63. The third kappa shape index (κ3) is 2.40. The second-order valence-electron chi connectivity index (χ2n) is 8.96. The van der Waals surface area contributed by atoms with E-state index in [0.717, 1.165) is 19.4 Å². The Balaban J connectivity index is 1.60.